The lowest BCUT2D eigenvalue weighted by Crippen LogP contribution is -2.54. The standard InChI is InChI=1S/C25H18ClFN2O4/c1-15-6-9-18(10-7-15)29-24(31)19(23(30)28-25(29)32)12-16-8-11-22(20(26)13-16)33-14-17-4-2-3-5-21(17)27/h2-13H,14H2,1H3,(H,28,30,32)/b19-12+. The van der Waals surface area contributed by atoms with Crippen molar-refractivity contribution in [1.82, 2.24) is 5.32 Å². The molecule has 1 heterocycles. The maximum atomic E-state index is 13.8. The van der Waals surface area contributed by atoms with Crippen LogP contribution in [0.4, 0.5) is 14.9 Å². The highest BCUT2D eigenvalue weighted by Crippen LogP contribution is 2.28. The van der Waals surface area contributed by atoms with E-state index >= 15 is 0 Å². The van der Waals surface area contributed by atoms with Crippen LogP contribution in [0.5, 0.6) is 5.75 Å². The number of barbiturate groups is 1. The van der Waals surface area contributed by atoms with E-state index in [1.54, 1.807) is 54.6 Å². The van der Waals surface area contributed by atoms with Gasteiger partial charge in [0.1, 0.15) is 23.7 Å². The van der Waals surface area contributed by atoms with Crippen LogP contribution in [0.3, 0.4) is 0 Å². The molecular weight excluding hydrogens is 447 g/mol. The van der Waals surface area contributed by atoms with Gasteiger partial charge in [0.2, 0.25) is 0 Å². The van der Waals surface area contributed by atoms with Gasteiger partial charge in [0.05, 0.1) is 10.7 Å². The number of rotatable bonds is 5. The molecule has 8 heteroatoms. The molecule has 0 atom stereocenters. The minimum absolute atomic E-state index is 0.0126. The average molecular weight is 465 g/mol. The monoisotopic (exact) mass is 464 g/mol. The van der Waals surface area contributed by atoms with Crippen LogP contribution in [0.15, 0.2) is 72.3 Å². The molecule has 1 aliphatic rings. The lowest BCUT2D eigenvalue weighted by atomic mass is 10.1. The Labute approximate surface area is 194 Å². The normalized spacial score (nSPS) is 15.1. The van der Waals surface area contributed by atoms with Gasteiger partial charge < -0.3 is 4.74 Å². The molecule has 166 valence electrons. The van der Waals surface area contributed by atoms with Crippen LogP contribution in [0.25, 0.3) is 6.08 Å². The molecule has 33 heavy (non-hydrogen) atoms. The van der Waals surface area contributed by atoms with Crippen molar-refractivity contribution in [3.63, 3.8) is 0 Å². The molecule has 3 aromatic rings. The number of halogens is 2. The fourth-order valence-corrected chi connectivity index (χ4v) is 3.49. The second-order valence-electron chi connectivity index (χ2n) is 7.36. The van der Waals surface area contributed by atoms with Crippen molar-refractivity contribution in [2.75, 3.05) is 4.90 Å². The van der Waals surface area contributed by atoms with Crippen LogP contribution < -0.4 is 15.0 Å². The van der Waals surface area contributed by atoms with Gasteiger partial charge in [-0.25, -0.2) is 14.1 Å². The number of urea groups is 1. The van der Waals surface area contributed by atoms with E-state index in [0.717, 1.165) is 10.5 Å². The molecule has 4 rings (SSSR count). The van der Waals surface area contributed by atoms with Gasteiger partial charge in [-0.15, -0.1) is 0 Å². The van der Waals surface area contributed by atoms with E-state index in [4.69, 9.17) is 16.3 Å². The summed E-state index contributed by atoms with van der Waals surface area (Å²) in [5, 5.41) is 2.40. The molecule has 1 N–H and O–H groups in total. The quantitative estimate of drug-likeness (QED) is 0.424. The highest BCUT2D eigenvalue weighted by Gasteiger charge is 2.36. The number of imide groups is 2. The zero-order chi connectivity index (χ0) is 23.5. The molecule has 1 fully saturated rings. The van der Waals surface area contributed by atoms with Crippen molar-refractivity contribution >= 4 is 41.2 Å². The number of carbonyl (C=O) groups is 3. The third kappa shape index (κ3) is 4.78. The largest absolute Gasteiger partial charge is 0.487 e. The fourth-order valence-electron chi connectivity index (χ4n) is 3.25. The van der Waals surface area contributed by atoms with E-state index in [0.29, 0.717) is 22.6 Å². The number of ether oxygens (including phenoxy) is 1. The van der Waals surface area contributed by atoms with Crippen LogP contribution >= 0.6 is 11.6 Å². The van der Waals surface area contributed by atoms with Crippen LogP contribution in [-0.4, -0.2) is 17.8 Å². The lowest BCUT2D eigenvalue weighted by molar-refractivity contribution is -0.122. The highest BCUT2D eigenvalue weighted by molar-refractivity contribution is 6.39. The van der Waals surface area contributed by atoms with Crippen molar-refractivity contribution < 1.29 is 23.5 Å². The summed E-state index contributed by atoms with van der Waals surface area (Å²) in [5.74, 6) is -1.62. The number of amides is 4. The number of anilines is 1. The zero-order valence-electron chi connectivity index (χ0n) is 17.5. The van der Waals surface area contributed by atoms with E-state index in [1.165, 1.54) is 18.2 Å². The fraction of sp³-hybridized carbons (Fsp3) is 0.0800. The molecule has 6 nitrogen and oxygen atoms in total. The molecule has 0 aromatic heterocycles. The van der Waals surface area contributed by atoms with Gasteiger partial charge in [-0.05, 0) is 48.9 Å². The molecule has 0 radical (unpaired) electrons. The van der Waals surface area contributed by atoms with E-state index in [1.807, 2.05) is 6.92 Å². The van der Waals surface area contributed by atoms with Crippen molar-refractivity contribution in [2.45, 2.75) is 13.5 Å². The first-order chi connectivity index (χ1) is 15.8. The van der Waals surface area contributed by atoms with Crippen molar-refractivity contribution in [3.05, 3.63) is 99.8 Å². The number of aryl methyl sites for hydroxylation is 1. The first kappa shape index (κ1) is 22.2. The van der Waals surface area contributed by atoms with E-state index in [2.05, 4.69) is 5.32 Å². The number of benzene rings is 3. The van der Waals surface area contributed by atoms with Gasteiger partial charge in [-0.1, -0.05) is 53.6 Å². The summed E-state index contributed by atoms with van der Waals surface area (Å²) in [6, 6.07) is 16.9. The van der Waals surface area contributed by atoms with E-state index in [-0.39, 0.29) is 23.0 Å². The van der Waals surface area contributed by atoms with Gasteiger partial charge in [0, 0.05) is 5.56 Å². The topological polar surface area (TPSA) is 75.7 Å². The Kier molecular flexibility index (Phi) is 6.24. The summed E-state index contributed by atoms with van der Waals surface area (Å²) in [6.45, 7) is 1.87. The second-order valence-corrected chi connectivity index (χ2v) is 7.77. The third-order valence-electron chi connectivity index (χ3n) is 5.00. The van der Waals surface area contributed by atoms with Crippen molar-refractivity contribution in [3.8, 4) is 5.75 Å². The summed E-state index contributed by atoms with van der Waals surface area (Å²) in [7, 11) is 0. The van der Waals surface area contributed by atoms with Crippen molar-refractivity contribution in [2.24, 2.45) is 0 Å². The lowest BCUT2D eigenvalue weighted by Gasteiger charge is -2.26. The maximum absolute atomic E-state index is 13.8. The third-order valence-corrected chi connectivity index (χ3v) is 5.30. The Morgan fingerprint density at radius 2 is 1.76 bits per heavy atom. The number of carbonyl (C=O) groups excluding carboxylic acids is 3. The average Bonchev–Trinajstić information content (AvgIpc) is 2.78. The van der Waals surface area contributed by atoms with E-state index in [9.17, 15) is 18.8 Å². The minimum Gasteiger partial charge on any atom is -0.487 e. The zero-order valence-corrected chi connectivity index (χ0v) is 18.2. The number of hydrogen-bond donors (Lipinski definition) is 1. The molecule has 4 amide bonds. The first-order valence-electron chi connectivity index (χ1n) is 9.97. The summed E-state index contributed by atoms with van der Waals surface area (Å²) in [4.78, 5) is 38.5. The molecule has 1 saturated heterocycles. The van der Waals surface area contributed by atoms with Crippen molar-refractivity contribution in [1.29, 1.82) is 0 Å². The Bertz CT molecular complexity index is 1290. The number of nitrogens with one attached hydrogen (secondary N) is 1. The van der Waals surface area contributed by atoms with Crippen LogP contribution in [0.2, 0.25) is 5.02 Å². The molecule has 1 aliphatic heterocycles. The van der Waals surface area contributed by atoms with Gasteiger partial charge in [0.25, 0.3) is 11.8 Å². The maximum Gasteiger partial charge on any atom is 0.335 e. The van der Waals surface area contributed by atoms with Gasteiger partial charge in [0.15, 0.2) is 0 Å². The predicted octanol–water partition coefficient (Wildman–Crippen LogP) is 5.03. The molecule has 0 bridgehead atoms. The molecular formula is C25H18ClFN2O4. The SMILES string of the molecule is Cc1ccc(N2C(=O)NC(=O)/C(=C\c3ccc(OCc4ccccc4F)c(Cl)c3)C2=O)cc1. The van der Waals surface area contributed by atoms with Gasteiger partial charge in [-0.3, -0.25) is 14.9 Å². The molecule has 0 aliphatic carbocycles. The molecule has 0 spiro atoms. The summed E-state index contributed by atoms with van der Waals surface area (Å²) >= 11 is 6.29. The highest BCUT2D eigenvalue weighted by atomic mass is 35.5. The molecule has 0 unspecified atom stereocenters. The van der Waals surface area contributed by atoms with Crippen LogP contribution in [0, 0.1) is 12.7 Å². The van der Waals surface area contributed by atoms with E-state index < -0.39 is 17.8 Å². The Morgan fingerprint density at radius 1 is 1.03 bits per heavy atom. The molecule has 3 aromatic carbocycles. The van der Waals surface area contributed by atoms with Gasteiger partial charge in [-0.2, -0.15) is 0 Å². The molecule has 0 saturated carbocycles. The number of nitrogens with zero attached hydrogens (tertiary/aromatic N) is 1. The number of hydrogen-bond acceptors (Lipinski definition) is 4. The summed E-state index contributed by atoms with van der Waals surface area (Å²) < 4.78 is 19.4. The van der Waals surface area contributed by atoms with Crippen LogP contribution in [-0.2, 0) is 16.2 Å². The van der Waals surface area contributed by atoms with Gasteiger partial charge >= 0.3 is 6.03 Å². The Balaban J connectivity index is 1.57. The minimum atomic E-state index is -0.819. The summed E-state index contributed by atoms with van der Waals surface area (Å²) in [5.41, 5.74) is 1.92. The predicted molar refractivity (Wildman–Crippen MR) is 122 cm³/mol. The van der Waals surface area contributed by atoms with Crippen LogP contribution in [0.1, 0.15) is 16.7 Å². The Hall–Kier alpha value is -3.97. The second kappa shape index (κ2) is 9.26. The summed E-state index contributed by atoms with van der Waals surface area (Å²) in [6.07, 6.45) is 1.35. The first-order valence-corrected chi connectivity index (χ1v) is 10.3. The smallest absolute Gasteiger partial charge is 0.335 e. The Morgan fingerprint density at radius 3 is 2.45 bits per heavy atom.